The normalized spacial score (nSPS) is 12.2. The number of thiol groups is 1. The highest BCUT2D eigenvalue weighted by Gasteiger charge is 2.09. The van der Waals surface area contributed by atoms with Gasteiger partial charge in [-0.25, -0.2) is 4.39 Å². The molecule has 1 unspecified atom stereocenters. The van der Waals surface area contributed by atoms with Crippen LogP contribution in [0.2, 0.25) is 0 Å². The summed E-state index contributed by atoms with van der Waals surface area (Å²) in [5.74, 6) is -0.430. The Labute approximate surface area is 106 Å². The van der Waals surface area contributed by atoms with E-state index in [0.717, 1.165) is 0 Å². The van der Waals surface area contributed by atoms with Gasteiger partial charge in [0.1, 0.15) is 5.82 Å². The molecule has 1 aromatic carbocycles. The number of hydrogen-bond donors (Lipinski definition) is 2. The van der Waals surface area contributed by atoms with Gasteiger partial charge in [-0.1, -0.05) is 6.92 Å². The third-order valence-electron chi connectivity index (χ3n) is 2.27. The van der Waals surface area contributed by atoms with Crippen LogP contribution in [0.25, 0.3) is 0 Å². The van der Waals surface area contributed by atoms with Crippen molar-refractivity contribution in [3.05, 3.63) is 29.6 Å². The maximum Gasteiger partial charge on any atom is 0.251 e. The zero-order valence-corrected chi connectivity index (χ0v) is 10.8. The molecule has 1 atom stereocenters. The van der Waals surface area contributed by atoms with Gasteiger partial charge in [0.25, 0.3) is 5.91 Å². The Hall–Kier alpha value is -1.07. The first-order valence-corrected chi connectivity index (χ1v) is 5.75. The lowest BCUT2D eigenvalue weighted by Gasteiger charge is -2.11. The molecule has 0 saturated carbocycles. The van der Waals surface area contributed by atoms with E-state index in [-0.39, 0.29) is 16.7 Å². The Morgan fingerprint density at radius 2 is 2.29 bits per heavy atom. The van der Waals surface area contributed by atoms with Crippen LogP contribution < -0.4 is 5.32 Å². The van der Waals surface area contributed by atoms with Gasteiger partial charge in [0, 0.05) is 24.1 Å². The fraction of sp³-hybridized carbons (Fsp3) is 0.417. The minimum Gasteiger partial charge on any atom is -0.384 e. The molecule has 0 bridgehead atoms. The van der Waals surface area contributed by atoms with Crippen LogP contribution in [0.1, 0.15) is 17.3 Å². The van der Waals surface area contributed by atoms with E-state index in [4.69, 9.17) is 4.74 Å². The first-order chi connectivity index (χ1) is 8.04. The van der Waals surface area contributed by atoms with Gasteiger partial charge in [-0.3, -0.25) is 4.79 Å². The zero-order chi connectivity index (χ0) is 12.8. The molecule has 1 amide bonds. The molecular formula is C12H16FNO2S. The van der Waals surface area contributed by atoms with Gasteiger partial charge < -0.3 is 10.1 Å². The summed E-state index contributed by atoms with van der Waals surface area (Å²) in [5, 5.41) is 2.75. The molecule has 3 nitrogen and oxygen atoms in total. The van der Waals surface area contributed by atoms with Crippen LogP contribution in [-0.4, -0.2) is 26.2 Å². The molecule has 17 heavy (non-hydrogen) atoms. The van der Waals surface area contributed by atoms with E-state index in [1.807, 2.05) is 6.92 Å². The summed E-state index contributed by atoms with van der Waals surface area (Å²) >= 11 is 3.93. The van der Waals surface area contributed by atoms with Gasteiger partial charge in [0.2, 0.25) is 0 Å². The van der Waals surface area contributed by atoms with E-state index in [2.05, 4.69) is 17.9 Å². The van der Waals surface area contributed by atoms with Crippen LogP contribution in [0.4, 0.5) is 4.39 Å². The summed E-state index contributed by atoms with van der Waals surface area (Å²) in [6, 6.07) is 4.08. The smallest absolute Gasteiger partial charge is 0.251 e. The summed E-state index contributed by atoms with van der Waals surface area (Å²) in [6.07, 6.45) is 0. The topological polar surface area (TPSA) is 38.3 Å². The van der Waals surface area contributed by atoms with Crippen molar-refractivity contribution in [3.8, 4) is 0 Å². The van der Waals surface area contributed by atoms with Gasteiger partial charge in [-0.2, -0.15) is 0 Å². The quantitative estimate of drug-likeness (QED) is 0.793. The number of hydrogen-bond acceptors (Lipinski definition) is 3. The predicted molar refractivity (Wildman–Crippen MR) is 67.0 cm³/mol. The van der Waals surface area contributed by atoms with Gasteiger partial charge in [-0.05, 0) is 24.1 Å². The number of nitrogens with one attached hydrogen (secondary N) is 1. The maximum absolute atomic E-state index is 13.0. The monoisotopic (exact) mass is 257 g/mol. The molecule has 0 saturated heterocycles. The van der Waals surface area contributed by atoms with Gasteiger partial charge >= 0.3 is 0 Å². The van der Waals surface area contributed by atoms with Crippen molar-refractivity contribution < 1.29 is 13.9 Å². The Balaban J connectivity index is 2.55. The lowest BCUT2D eigenvalue weighted by Crippen LogP contribution is -2.29. The average molecular weight is 257 g/mol. The van der Waals surface area contributed by atoms with Crippen molar-refractivity contribution in [2.75, 3.05) is 20.3 Å². The summed E-state index contributed by atoms with van der Waals surface area (Å²) in [5.41, 5.74) is 0.404. The molecule has 0 aliphatic heterocycles. The Morgan fingerprint density at radius 1 is 1.59 bits per heavy atom. The molecule has 0 aliphatic carbocycles. The second kappa shape index (κ2) is 6.61. The van der Waals surface area contributed by atoms with Crippen LogP contribution in [0, 0.1) is 11.7 Å². The number of rotatable bonds is 5. The van der Waals surface area contributed by atoms with Crippen molar-refractivity contribution in [2.24, 2.45) is 5.92 Å². The van der Waals surface area contributed by atoms with E-state index in [1.165, 1.54) is 18.2 Å². The Bertz CT molecular complexity index is 398. The van der Waals surface area contributed by atoms with Crippen molar-refractivity contribution in [1.29, 1.82) is 0 Å². The third kappa shape index (κ3) is 4.36. The minimum absolute atomic E-state index is 0.169. The van der Waals surface area contributed by atoms with Crippen LogP contribution >= 0.6 is 12.6 Å². The van der Waals surface area contributed by atoms with Crippen molar-refractivity contribution in [1.82, 2.24) is 5.32 Å². The highest BCUT2D eigenvalue weighted by molar-refractivity contribution is 7.80. The number of ether oxygens (including phenoxy) is 1. The van der Waals surface area contributed by atoms with Crippen molar-refractivity contribution in [2.45, 2.75) is 11.8 Å². The first kappa shape index (κ1) is 14.0. The second-order valence-electron chi connectivity index (χ2n) is 3.94. The third-order valence-corrected chi connectivity index (χ3v) is 2.61. The SMILES string of the molecule is COCC(C)CNC(=O)c1ccc(F)c(S)c1. The lowest BCUT2D eigenvalue weighted by molar-refractivity contribution is 0.0934. The summed E-state index contributed by atoms with van der Waals surface area (Å²) in [7, 11) is 1.62. The Kier molecular flexibility index (Phi) is 5.44. The van der Waals surface area contributed by atoms with E-state index in [9.17, 15) is 9.18 Å². The van der Waals surface area contributed by atoms with E-state index in [0.29, 0.717) is 18.7 Å². The van der Waals surface area contributed by atoms with Crippen LogP contribution in [0.3, 0.4) is 0 Å². The lowest BCUT2D eigenvalue weighted by atomic mass is 10.1. The molecule has 0 radical (unpaired) electrons. The predicted octanol–water partition coefficient (Wildman–Crippen LogP) is 2.13. The fourth-order valence-electron chi connectivity index (χ4n) is 1.37. The highest BCUT2D eigenvalue weighted by atomic mass is 32.1. The Morgan fingerprint density at radius 3 is 2.88 bits per heavy atom. The van der Waals surface area contributed by atoms with Gasteiger partial charge in [-0.15, -0.1) is 12.6 Å². The zero-order valence-electron chi connectivity index (χ0n) is 9.87. The molecule has 1 N–H and O–H groups in total. The second-order valence-corrected chi connectivity index (χ2v) is 4.42. The summed E-state index contributed by atoms with van der Waals surface area (Å²) in [4.78, 5) is 11.9. The van der Waals surface area contributed by atoms with E-state index in [1.54, 1.807) is 7.11 Å². The molecule has 0 aliphatic rings. The molecule has 0 heterocycles. The number of amides is 1. The van der Waals surface area contributed by atoms with Crippen LogP contribution in [-0.2, 0) is 4.74 Å². The number of methoxy groups -OCH3 is 1. The van der Waals surface area contributed by atoms with E-state index < -0.39 is 5.82 Å². The number of carbonyl (C=O) groups excluding carboxylic acids is 1. The highest BCUT2D eigenvalue weighted by Crippen LogP contribution is 2.14. The molecule has 0 aromatic heterocycles. The number of carbonyl (C=O) groups is 1. The van der Waals surface area contributed by atoms with Crippen LogP contribution in [0.5, 0.6) is 0 Å². The molecule has 1 aromatic rings. The molecule has 0 spiro atoms. The standard InChI is InChI=1S/C12H16FNO2S/c1-8(7-16-2)6-14-12(15)9-3-4-10(13)11(17)5-9/h3-5,8,17H,6-7H2,1-2H3,(H,14,15). The van der Waals surface area contributed by atoms with Crippen LogP contribution in [0.15, 0.2) is 23.1 Å². The molecule has 1 rings (SSSR count). The minimum atomic E-state index is -0.433. The molecule has 94 valence electrons. The average Bonchev–Trinajstić information content (AvgIpc) is 2.30. The van der Waals surface area contributed by atoms with Crippen molar-refractivity contribution in [3.63, 3.8) is 0 Å². The maximum atomic E-state index is 13.0. The molecule has 5 heteroatoms. The number of benzene rings is 1. The van der Waals surface area contributed by atoms with E-state index >= 15 is 0 Å². The largest absolute Gasteiger partial charge is 0.384 e. The fourth-order valence-corrected chi connectivity index (χ4v) is 1.58. The number of halogens is 1. The molecular weight excluding hydrogens is 241 g/mol. The molecule has 0 fully saturated rings. The summed E-state index contributed by atoms with van der Waals surface area (Å²) in [6.45, 7) is 3.08. The van der Waals surface area contributed by atoms with Gasteiger partial charge in [0.05, 0.1) is 6.61 Å². The van der Waals surface area contributed by atoms with Crippen molar-refractivity contribution >= 4 is 18.5 Å². The first-order valence-electron chi connectivity index (χ1n) is 5.30. The van der Waals surface area contributed by atoms with Gasteiger partial charge in [0.15, 0.2) is 0 Å². The summed E-state index contributed by atoms with van der Waals surface area (Å²) < 4.78 is 17.9.